The second-order valence-corrected chi connectivity index (χ2v) is 7.64. The summed E-state index contributed by atoms with van der Waals surface area (Å²) < 4.78 is 5.49. The van der Waals surface area contributed by atoms with Gasteiger partial charge in [-0.2, -0.15) is 5.10 Å². The zero-order valence-electron chi connectivity index (χ0n) is 15.5. The molecule has 0 fully saturated rings. The molecule has 7 heteroatoms. The topological polar surface area (TPSA) is 75.2 Å². The van der Waals surface area contributed by atoms with E-state index in [1.54, 1.807) is 31.3 Å². The van der Waals surface area contributed by atoms with E-state index >= 15 is 0 Å². The quantitative estimate of drug-likeness (QED) is 0.608. The van der Waals surface area contributed by atoms with Crippen LogP contribution in [0.1, 0.15) is 23.5 Å². The minimum Gasteiger partial charge on any atom is -0.422 e. The molecule has 1 aromatic heterocycles. The summed E-state index contributed by atoms with van der Waals surface area (Å²) in [6.45, 7) is 0. The van der Waals surface area contributed by atoms with Crippen molar-refractivity contribution in [2.75, 3.05) is 7.05 Å². The zero-order valence-corrected chi connectivity index (χ0v) is 16.3. The predicted octanol–water partition coefficient (Wildman–Crippen LogP) is 3.82. The average molecular weight is 406 g/mol. The molecule has 2 aliphatic heterocycles. The van der Waals surface area contributed by atoms with Crippen LogP contribution < -0.4 is 5.63 Å². The Labute approximate surface area is 171 Å². The van der Waals surface area contributed by atoms with Crippen molar-refractivity contribution >= 4 is 40.0 Å². The Morgan fingerprint density at radius 1 is 1.10 bits per heavy atom. The molecule has 0 aliphatic carbocycles. The van der Waals surface area contributed by atoms with E-state index in [1.807, 2.05) is 30.3 Å². The fourth-order valence-electron chi connectivity index (χ4n) is 3.98. The summed E-state index contributed by atoms with van der Waals surface area (Å²) in [5.74, 6) is -0.348. The summed E-state index contributed by atoms with van der Waals surface area (Å²) in [6.07, 6.45) is 0.425. The van der Waals surface area contributed by atoms with Crippen molar-refractivity contribution in [1.29, 1.82) is 0 Å². The molecule has 2 aromatic carbocycles. The lowest BCUT2D eigenvalue weighted by molar-refractivity contribution is -0.131. The van der Waals surface area contributed by atoms with Crippen LogP contribution in [0.5, 0.6) is 0 Å². The van der Waals surface area contributed by atoms with Gasteiger partial charge in [0.15, 0.2) is 5.84 Å². The molecule has 29 heavy (non-hydrogen) atoms. The second kappa shape index (κ2) is 6.67. The first-order chi connectivity index (χ1) is 14.0. The maximum Gasteiger partial charge on any atom is 0.345 e. The smallest absolute Gasteiger partial charge is 0.345 e. The van der Waals surface area contributed by atoms with E-state index in [9.17, 15) is 9.59 Å². The molecular formula is C22H16ClN3O3. The van der Waals surface area contributed by atoms with E-state index in [0.29, 0.717) is 34.1 Å². The van der Waals surface area contributed by atoms with Crippen molar-refractivity contribution in [3.63, 3.8) is 0 Å². The largest absolute Gasteiger partial charge is 0.422 e. The zero-order chi connectivity index (χ0) is 20.1. The number of hydrogen-bond donors (Lipinski definition) is 0. The fraction of sp³-hybridized carbons (Fsp3) is 0.182. The van der Waals surface area contributed by atoms with Crippen molar-refractivity contribution in [3.05, 3.63) is 81.2 Å². The molecule has 144 valence electrons. The van der Waals surface area contributed by atoms with Crippen LogP contribution >= 0.6 is 11.6 Å². The second-order valence-electron chi connectivity index (χ2n) is 7.20. The number of nitrogens with zero attached hydrogens (tertiary/aromatic N) is 3. The normalized spacial score (nSPS) is 21.2. The molecule has 0 bridgehead atoms. The van der Waals surface area contributed by atoms with Gasteiger partial charge in [0.2, 0.25) is 0 Å². The SMILES string of the molecule is CN1N=C2N=C(c3cc4ccccc4oc3=O)CC(c3ccc(Cl)cc3)C2C1=O. The van der Waals surface area contributed by atoms with E-state index in [-0.39, 0.29) is 11.8 Å². The average Bonchev–Trinajstić information content (AvgIpc) is 3.01. The van der Waals surface area contributed by atoms with Gasteiger partial charge in [-0.05, 0) is 36.2 Å². The number of amides is 1. The van der Waals surface area contributed by atoms with Gasteiger partial charge >= 0.3 is 5.63 Å². The lowest BCUT2D eigenvalue weighted by atomic mass is 9.78. The predicted molar refractivity (Wildman–Crippen MR) is 112 cm³/mol. The lowest BCUT2D eigenvalue weighted by Gasteiger charge is -2.27. The number of halogens is 1. The molecule has 2 atom stereocenters. The van der Waals surface area contributed by atoms with Crippen molar-refractivity contribution in [3.8, 4) is 0 Å². The van der Waals surface area contributed by atoms with Crippen LogP contribution in [0.2, 0.25) is 5.02 Å². The number of fused-ring (bicyclic) bond motifs is 2. The van der Waals surface area contributed by atoms with E-state index < -0.39 is 11.5 Å². The van der Waals surface area contributed by atoms with Gasteiger partial charge in [0.25, 0.3) is 5.91 Å². The summed E-state index contributed by atoms with van der Waals surface area (Å²) >= 11 is 6.04. The fourth-order valence-corrected chi connectivity index (χ4v) is 4.11. The van der Waals surface area contributed by atoms with Crippen LogP contribution in [0.3, 0.4) is 0 Å². The van der Waals surface area contributed by atoms with Crippen molar-refractivity contribution < 1.29 is 9.21 Å². The number of benzene rings is 2. The van der Waals surface area contributed by atoms with E-state index in [2.05, 4.69) is 10.1 Å². The molecular weight excluding hydrogens is 390 g/mol. The van der Waals surface area contributed by atoms with Crippen LogP contribution in [0, 0.1) is 5.92 Å². The van der Waals surface area contributed by atoms with Gasteiger partial charge in [-0.1, -0.05) is 41.9 Å². The molecule has 0 radical (unpaired) electrons. The number of hydrazone groups is 1. The number of aliphatic imine (C=N–C) groups is 1. The molecule has 0 N–H and O–H groups in total. The first kappa shape index (κ1) is 17.8. The van der Waals surface area contributed by atoms with Crippen molar-refractivity contribution in [1.82, 2.24) is 5.01 Å². The van der Waals surface area contributed by atoms with Gasteiger partial charge in [-0.3, -0.25) is 4.79 Å². The van der Waals surface area contributed by atoms with Gasteiger partial charge in [0.05, 0.1) is 11.3 Å². The summed E-state index contributed by atoms with van der Waals surface area (Å²) in [6, 6.07) is 16.5. The third-order valence-electron chi connectivity index (χ3n) is 5.43. The van der Waals surface area contributed by atoms with Gasteiger partial charge in [0.1, 0.15) is 11.5 Å². The number of carbonyl (C=O) groups excluding carboxylic acids is 1. The minimum atomic E-state index is -0.475. The van der Waals surface area contributed by atoms with Crippen LogP contribution in [0.25, 0.3) is 11.0 Å². The number of amidine groups is 1. The summed E-state index contributed by atoms with van der Waals surface area (Å²) in [5.41, 5.74) is 1.99. The first-order valence-electron chi connectivity index (χ1n) is 9.23. The van der Waals surface area contributed by atoms with Gasteiger partial charge < -0.3 is 4.42 Å². The van der Waals surface area contributed by atoms with Crippen LogP contribution in [0.4, 0.5) is 0 Å². The highest BCUT2D eigenvalue weighted by molar-refractivity contribution is 6.30. The van der Waals surface area contributed by atoms with Crippen LogP contribution in [-0.2, 0) is 4.79 Å². The number of carbonyl (C=O) groups is 1. The summed E-state index contributed by atoms with van der Waals surface area (Å²) in [7, 11) is 1.62. The Balaban J connectivity index is 1.65. The number of para-hydroxylation sites is 1. The van der Waals surface area contributed by atoms with Crippen molar-refractivity contribution in [2.24, 2.45) is 16.0 Å². The molecule has 3 aromatic rings. The monoisotopic (exact) mass is 405 g/mol. The summed E-state index contributed by atoms with van der Waals surface area (Å²) in [5, 5.41) is 7.06. The third kappa shape index (κ3) is 2.96. The molecule has 2 unspecified atom stereocenters. The molecule has 0 saturated carbocycles. The molecule has 0 spiro atoms. The standard InChI is InChI=1S/C22H16ClN3O3/c1-26-21(27)19-15(12-6-8-14(23)9-7-12)11-17(24-20(19)25-26)16-10-13-4-2-3-5-18(13)29-22(16)28/h2-10,15,19H,11H2,1H3. The molecule has 0 saturated heterocycles. The van der Waals surface area contributed by atoms with Crippen LogP contribution in [-0.4, -0.2) is 29.5 Å². The van der Waals surface area contributed by atoms with E-state index in [0.717, 1.165) is 10.9 Å². The van der Waals surface area contributed by atoms with Gasteiger partial charge in [0, 0.05) is 23.4 Å². The van der Waals surface area contributed by atoms with Gasteiger partial charge in [-0.25, -0.2) is 14.8 Å². The minimum absolute atomic E-state index is 0.103. The number of rotatable bonds is 2. The highest BCUT2D eigenvalue weighted by Gasteiger charge is 2.44. The Morgan fingerprint density at radius 2 is 1.86 bits per heavy atom. The van der Waals surface area contributed by atoms with Crippen LogP contribution in [0.15, 0.2) is 73.9 Å². The molecule has 1 amide bonds. The molecule has 5 rings (SSSR count). The molecule has 2 aliphatic rings. The Morgan fingerprint density at radius 3 is 2.66 bits per heavy atom. The maximum absolute atomic E-state index is 12.7. The lowest BCUT2D eigenvalue weighted by Crippen LogP contribution is -2.35. The Bertz CT molecular complexity index is 1260. The summed E-state index contributed by atoms with van der Waals surface area (Å²) in [4.78, 5) is 30.0. The molecule has 6 nitrogen and oxygen atoms in total. The maximum atomic E-state index is 12.7. The van der Waals surface area contributed by atoms with E-state index in [1.165, 1.54) is 5.01 Å². The highest BCUT2D eigenvalue weighted by Crippen LogP contribution is 2.38. The first-order valence-corrected chi connectivity index (χ1v) is 9.61. The van der Waals surface area contributed by atoms with Crippen molar-refractivity contribution in [2.45, 2.75) is 12.3 Å². The Hall–Kier alpha value is -3.25. The van der Waals surface area contributed by atoms with Gasteiger partial charge in [-0.15, -0.1) is 0 Å². The van der Waals surface area contributed by atoms with E-state index in [4.69, 9.17) is 16.0 Å². The highest BCUT2D eigenvalue weighted by atomic mass is 35.5. The molecule has 3 heterocycles. The number of hydrogen-bond acceptors (Lipinski definition) is 5. The Kier molecular flexibility index (Phi) is 4.10. The third-order valence-corrected chi connectivity index (χ3v) is 5.68.